The Morgan fingerprint density at radius 1 is 1.19 bits per heavy atom. The molecule has 0 spiro atoms. The molecule has 0 bridgehead atoms. The summed E-state index contributed by atoms with van der Waals surface area (Å²) in [6.07, 6.45) is 7.89. The highest BCUT2D eigenvalue weighted by atomic mass is 32.2. The van der Waals surface area contributed by atoms with Gasteiger partial charge >= 0.3 is 0 Å². The van der Waals surface area contributed by atoms with Crippen molar-refractivity contribution in [3.8, 4) is 0 Å². The number of rotatable bonds is 7. The molecule has 1 N–H and O–H groups in total. The first-order valence-corrected chi connectivity index (χ1v) is 12.1. The van der Waals surface area contributed by atoms with Gasteiger partial charge in [0.2, 0.25) is 0 Å². The molecular weight excluding hydrogens is 344 g/mol. The lowest BCUT2D eigenvalue weighted by Crippen LogP contribution is -2.52. The number of benzene rings is 1. The van der Waals surface area contributed by atoms with Gasteiger partial charge in [-0.15, -0.1) is 0 Å². The zero-order valence-corrected chi connectivity index (χ0v) is 17.3. The van der Waals surface area contributed by atoms with Crippen LogP contribution in [-0.4, -0.2) is 50.6 Å². The number of hydrogen-bond acceptors (Lipinski definition) is 4. The molecule has 1 saturated heterocycles. The van der Waals surface area contributed by atoms with Gasteiger partial charge < -0.3 is 5.32 Å². The fourth-order valence-corrected chi connectivity index (χ4v) is 6.77. The zero-order chi connectivity index (χ0) is 18.7. The molecule has 2 aliphatic rings. The van der Waals surface area contributed by atoms with E-state index in [2.05, 4.69) is 42.3 Å². The van der Waals surface area contributed by atoms with Crippen molar-refractivity contribution in [2.75, 3.05) is 25.9 Å². The molecule has 3 rings (SSSR count). The Morgan fingerprint density at radius 3 is 2.54 bits per heavy atom. The summed E-state index contributed by atoms with van der Waals surface area (Å²) in [5.41, 5.74) is 4.34. The summed E-state index contributed by atoms with van der Waals surface area (Å²) in [6.45, 7) is 6.91. The number of hydrogen-bond donors (Lipinski definition) is 1. The van der Waals surface area contributed by atoms with Crippen molar-refractivity contribution < 1.29 is 8.42 Å². The van der Waals surface area contributed by atoms with Crippen LogP contribution in [-0.2, 0) is 29.1 Å². The standard InChI is InChI=1S/C21H34N2O2S/c1-4-23(21(26(3,24)25)19-10-12-22-13-11-19)16(2)14-17-8-9-18-6-5-7-20(18)15-17/h8-9,15-16,19,21-22H,4-7,10-14H2,1-3H3. The molecule has 0 amide bonds. The van der Waals surface area contributed by atoms with Gasteiger partial charge in [0, 0.05) is 12.3 Å². The van der Waals surface area contributed by atoms with E-state index < -0.39 is 9.84 Å². The van der Waals surface area contributed by atoms with Gasteiger partial charge in [-0.25, -0.2) is 8.42 Å². The third kappa shape index (κ3) is 4.49. The molecule has 1 fully saturated rings. The van der Waals surface area contributed by atoms with Crippen molar-refractivity contribution in [2.24, 2.45) is 5.92 Å². The van der Waals surface area contributed by atoms with Gasteiger partial charge in [0.1, 0.15) is 5.37 Å². The number of likely N-dealkylation sites (N-methyl/N-ethyl adjacent to an activating group) is 1. The van der Waals surface area contributed by atoms with Crippen LogP contribution in [0.2, 0.25) is 0 Å². The lowest BCUT2D eigenvalue weighted by atomic mass is 9.95. The minimum Gasteiger partial charge on any atom is -0.317 e. The summed E-state index contributed by atoms with van der Waals surface area (Å²) in [5.74, 6) is 0.230. The highest BCUT2D eigenvalue weighted by molar-refractivity contribution is 7.91. The summed E-state index contributed by atoms with van der Waals surface area (Å²) in [6, 6.07) is 7.09. The van der Waals surface area contributed by atoms with E-state index in [1.54, 1.807) is 0 Å². The van der Waals surface area contributed by atoms with E-state index in [1.165, 1.54) is 42.2 Å². The average Bonchev–Trinajstić information content (AvgIpc) is 3.06. The first-order valence-electron chi connectivity index (χ1n) is 10.2. The van der Waals surface area contributed by atoms with Gasteiger partial charge in [0.05, 0.1) is 0 Å². The number of sulfone groups is 1. The molecule has 0 aromatic heterocycles. The maximum Gasteiger partial charge on any atom is 0.163 e. The van der Waals surface area contributed by atoms with Crippen molar-refractivity contribution in [1.29, 1.82) is 0 Å². The van der Waals surface area contributed by atoms with Crippen molar-refractivity contribution in [3.63, 3.8) is 0 Å². The van der Waals surface area contributed by atoms with Gasteiger partial charge in [-0.2, -0.15) is 0 Å². The topological polar surface area (TPSA) is 49.4 Å². The Kier molecular flexibility index (Phi) is 6.41. The number of aryl methyl sites for hydroxylation is 2. The molecule has 1 aromatic rings. The SMILES string of the molecule is CCN(C(C)Cc1ccc2c(c1)CCC2)C(C1CCNCC1)S(C)(=O)=O. The van der Waals surface area contributed by atoms with Crippen LogP contribution in [0.3, 0.4) is 0 Å². The smallest absolute Gasteiger partial charge is 0.163 e. The Balaban J connectivity index is 1.78. The van der Waals surface area contributed by atoms with Gasteiger partial charge in [-0.3, -0.25) is 4.90 Å². The van der Waals surface area contributed by atoms with Gasteiger partial charge in [-0.1, -0.05) is 25.1 Å². The number of nitrogens with one attached hydrogen (secondary N) is 1. The number of nitrogens with zero attached hydrogens (tertiary/aromatic N) is 1. The van der Waals surface area contributed by atoms with E-state index in [0.29, 0.717) is 0 Å². The van der Waals surface area contributed by atoms with Crippen LogP contribution in [0.5, 0.6) is 0 Å². The summed E-state index contributed by atoms with van der Waals surface area (Å²) in [5, 5.41) is 3.00. The van der Waals surface area contributed by atoms with Gasteiger partial charge in [-0.05, 0) is 87.7 Å². The Morgan fingerprint density at radius 2 is 1.88 bits per heavy atom. The predicted octanol–water partition coefficient (Wildman–Crippen LogP) is 2.80. The highest BCUT2D eigenvalue weighted by Crippen LogP contribution is 2.28. The highest BCUT2D eigenvalue weighted by Gasteiger charge is 2.37. The lowest BCUT2D eigenvalue weighted by molar-refractivity contribution is 0.138. The Labute approximate surface area is 159 Å². The molecule has 1 heterocycles. The van der Waals surface area contributed by atoms with E-state index in [-0.39, 0.29) is 17.3 Å². The first-order chi connectivity index (χ1) is 12.4. The molecule has 2 atom stereocenters. The fourth-order valence-electron chi connectivity index (χ4n) is 4.95. The molecule has 0 radical (unpaired) electrons. The van der Waals surface area contributed by atoms with Crippen molar-refractivity contribution >= 4 is 9.84 Å². The second-order valence-electron chi connectivity index (χ2n) is 8.15. The minimum absolute atomic E-state index is 0.217. The van der Waals surface area contributed by atoms with Crippen LogP contribution in [0.1, 0.15) is 49.8 Å². The maximum atomic E-state index is 12.7. The molecule has 4 nitrogen and oxygen atoms in total. The van der Waals surface area contributed by atoms with E-state index in [4.69, 9.17) is 0 Å². The van der Waals surface area contributed by atoms with E-state index in [0.717, 1.165) is 38.9 Å². The summed E-state index contributed by atoms with van der Waals surface area (Å²) < 4.78 is 25.4. The molecule has 26 heavy (non-hydrogen) atoms. The number of piperidine rings is 1. The van der Waals surface area contributed by atoms with Crippen molar-refractivity contribution in [1.82, 2.24) is 10.2 Å². The normalized spacial score (nSPS) is 20.9. The van der Waals surface area contributed by atoms with Crippen molar-refractivity contribution in [2.45, 2.75) is 63.8 Å². The molecule has 5 heteroatoms. The Bertz CT molecular complexity index is 711. The molecule has 0 saturated carbocycles. The van der Waals surface area contributed by atoms with Gasteiger partial charge in [0.15, 0.2) is 9.84 Å². The molecule has 1 aliphatic heterocycles. The quantitative estimate of drug-likeness (QED) is 0.793. The fraction of sp³-hybridized carbons (Fsp3) is 0.714. The largest absolute Gasteiger partial charge is 0.317 e. The second kappa shape index (κ2) is 8.41. The number of fused-ring (bicyclic) bond motifs is 1. The van der Waals surface area contributed by atoms with E-state index in [9.17, 15) is 8.42 Å². The summed E-state index contributed by atoms with van der Waals surface area (Å²) >= 11 is 0. The molecular formula is C21H34N2O2S. The van der Waals surface area contributed by atoms with E-state index >= 15 is 0 Å². The Hall–Kier alpha value is -0.910. The van der Waals surface area contributed by atoms with Crippen LogP contribution < -0.4 is 5.32 Å². The average molecular weight is 379 g/mol. The summed E-state index contributed by atoms with van der Waals surface area (Å²) in [7, 11) is -3.12. The molecule has 1 aliphatic carbocycles. The lowest BCUT2D eigenvalue weighted by Gasteiger charge is -2.40. The first kappa shape index (κ1) is 19.8. The van der Waals surface area contributed by atoms with Crippen molar-refractivity contribution in [3.05, 3.63) is 34.9 Å². The third-order valence-electron chi connectivity index (χ3n) is 6.18. The molecule has 1 aromatic carbocycles. The van der Waals surface area contributed by atoms with Crippen LogP contribution in [0, 0.1) is 5.92 Å². The second-order valence-corrected chi connectivity index (χ2v) is 10.3. The van der Waals surface area contributed by atoms with Crippen LogP contribution in [0.15, 0.2) is 18.2 Å². The predicted molar refractivity (Wildman–Crippen MR) is 108 cm³/mol. The monoisotopic (exact) mass is 378 g/mol. The third-order valence-corrected chi connectivity index (χ3v) is 7.71. The zero-order valence-electron chi connectivity index (χ0n) is 16.5. The van der Waals surface area contributed by atoms with Gasteiger partial charge in [0.25, 0.3) is 0 Å². The van der Waals surface area contributed by atoms with Crippen LogP contribution in [0.25, 0.3) is 0 Å². The molecule has 146 valence electrons. The minimum atomic E-state index is -3.12. The summed E-state index contributed by atoms with van der Waals surface area (Å²) in [4.78, 5) is 2.23. The van der Waals surface area contributed by atoms with Crippen LogP contribution >= 0.6 is 0 Å². The van der Waals surface area contributed by atoms with Crippen LogP contribution in [0.4, 0.5) is 0 Å². The van der Waals surface area contributed by atoms with E-state index in [1.807, 2.05) is 0 Å². The maximum absolute atomic E-state index is 12.7. The molecule has 2 unspecified atom stereocenters.